The molecule has 1 aromatic heterocycles. The van der Waals surface area contributed by atoms with Crippen molar-refractivity contribution in [2.24, 2.45) is 12.8 Å². The van der Waals surface area contributed by atoms with Crippen LogP contribution < -0.4 is 5.73 Å². The third kappa shape index (κ3) is 2.19. The number of aromatic nitrogens is 2. The Morgan fingerprint density at radius 1 is 1.73 bits per heavy atom. The van der Waals surface area contributed by atoms with Gasteiger partial charge < -0.3 is 10.8 Å². The zero-order chi connectivity index (χ0) is 10.8. The maximum atomic E-state index is 9.49. The molecule has 0 aromatic carbocycles. The number of likely N-dealkylation sites (tertiary alicyclic amines) is 1. The van der Waals surface area contributed by atoms with Crippen LogP contribution in [0.3, 0.4) is 0 Å². The lowest BCUT2D eigenvalue weighted by Crippen LogP contribution is -2.32. The van der Waals surface area contributed by atoms with Crippen LogP contribution in [0.2, 0.25) is 0 Å². The zero-order valence-electron chi connectivity index (χ0n) is 9.00. The van der Waals surface area contributed by atoms with E-state index in [4.69, 9.17) is 5.73 Å². The molecule has 2 rings (SSSR count). The molecular weight excluding hydrogens is 192 g/mol. The van der Waals surface area contributed by atoms with Crippen molar-refractivity contribution in [3.8, 4) is 0 Å². The number of hydrogen-bond acceptors (Lipinski definition) is 4. The molecule has 5 heteroatoms. The zero-order valence-corrected chi connectivity index (χ0v) is 9.00. The van der Waals surface area contributed by atoms with Crippen LogP contribution in [0.15, 0.2) is 12.4 Å². The Hall–Kier alpha value is -0.910. The first kappa shape index (κ1) is 10.6. The van der Waals surface area contributed by atoms with E-state index in [1.165, 1.54) is 0 Å². The van der Waals surface area contributed by atoms with E-state index in [1.54, 1.807) is 4.68 Å². The fourth-order valence-corrected chi connectivity index (χ4v) is 2.16. The highest BCUT2D eigenvalue weighted by Crippen LogP contribution is 2.23. The summed E-state index contributed by atoms with van der Waals surface area (Å²) < 4.78 is 1.78. The third-order valence-electron chi connectivity index (χ3n) is 2.97. The number of rotatable bonds is 3. The maximum Gasteiger partial charge on any atom is 0.0679 e. The Labute approximate surface area is 89.5 Å². The first-order valence-corrected chi connectivity index (χ1v) is 5.31. The third-order valence-corrected chi connectivity index (χ3v) is 2.97. The van der Waals surface area contributed by atoms with Gasteiger partial charge in [0.05, 0.1) is 18.3 Å². The normalized spacial score (nSPS) is 24.6. The second-order valence-corrected chi connectivity index (χ2v) is 4.14. The lowest BCUT2D eigenvalue weighted by molar-refractivity contribution is 0.160. The first-order valence-electron chi connectivity index (χ1n) is 5.31. The van der Waals surface area contributed by atoms with Crippen molar-refractivity contribution in [1.29, 1.82) is 0 Å². The van der Waals surface area contributed by atoms with Crippen molar-refractivity contribution < 1.29 is 5.11 Å². The summed E-state index contributed by atoms with van der Waals surface area (Å²) in [4.78, 5) is 2.22. The lowest BCUT2D eigenvalue weighted by atomic mass is 10.1. The van der Waals surface area contributed by atoms with E-state index in [0.29, 0.717) is 6.54 Å². The van der Waals surface area contributed by atoms with Gasteiger partial charge in [0, 0.05) is 38.4 Å². The van der Waals surface area contributed by atoms with Crippen LogP contribution in [0.1, 0.15) is 18.0 Å². The van der Waals surface area contributed by atoms with Gasteiger partial charge in [-0.05, 0) is 6.42 Å². The molecule has 0 radical (unpaired) electrons. The minimum atomic E-state index is -0.198. The summed E-state index contributed by atoms with van der Waals surface area (Å²) in [7, 11) is 1.90. The fraction of sp³-hybridized carbons (Fsp3) is 0.700. The van der Waals surface area contributed by atoms with Crippen LogP contribution >= 0.6 is 0 Å². The Morgan fingerprint density at radius 2 is 2.53 bits per heavy atom. The summed E-state index contributed by atoms with van der Waals surface area (Å²) in [6.45, 7) is 2.20. The quantitative estimate of drug-likeness (QED) is 0.705. The van der Waals surface area contributed by atoms with E-state index < -0.39 is 0 Å². The largest absolute Gasteiger partial charge is 0.392 e. The summed E-state index contributed by atoms with van der Waals surface area (Å²) in [5.74, 6) is 0. The fourth-order valence-electron chi connectivity index (χ4n) is 2.16. The van der Waals surface area contributed by atoms with Gasteiger partial charge in [-0.3, -0.25) is 9.58 Å². The average molecular weight is 210 g/mol. The SMILES string of the molecule is Cn1cc(C(CN)N2CCC(O)C2)cn1. The molecular formula is C10H18N4O. The molecule has 1 aliphatic rings. The predicted molar refractivity (Wildman–Crippen MR) is 57.2 cm³/mol. The molecule has 0 saturated carbocycles. The van der Waals surface area contributed by atoms with Gasteiger partial charge in [0.15, 0.2) is 0 Å². The highest BCUT2D eigenvalue weighted by molar-refractivity contribution is 5.11. The van der Waals surface area contributed by atoms with Crippen molar-refractivity contribution in [3.05, 3.63) is 18.0 Å². The molecule has 84 valence electrons. The van der Waals surface area contributed by atoms with Gasteiger partial charge in [-0.25, -0.2) is 0 Å². The van der Waals surface area contributed by atoms with Crippen molar-refractivity contribution in [3.63, 3.8) is 0 Å². The van der Waals surface area contributed by atoms with Crippen LogP contribution in [-0.4, -0.2) is 45.5 Å². The van der Waals surface area contributed by atoms with Gasteiger partial charge in [0.25, 0.3) is 0 Å². The molecule has 0 bridgehead atoms. The minimum absolute atomic E-state index is 0.191. The highest BCUT2D eigenvalue weighted by atomic mass is 16.3. The standard InChI is InChI=1S/C10H18N4O/c1-13-6-8(5-12-13)10(4-11)14-3-2-9(15)7-14/h5-6,9-10,15H,2-4,7,11H2,1H3. The van der Waals surface area contributed by atoms with Crippen molar-refractivity contribution in [1.82, 2.24) is 14.7 Å². The number of nitrogens with zero attached hydrogens (tertiary/aromatic N) is 3. The number of hydrogen-bond donors (Lipinski definition) is 2. The van der Waals surface area contributed by atoms with E-state index in [0.717, 1.165) is 25.1 Å². The van der Waals surface area contributed by atoms with E-state index in [2.05, 4.69) is 10.00 Å². The molecule has 3 N–H and O–H groups in total. The van der Waals surface area contributed by atoms with E-state index in [1.807, 2.05) is 19.4 Å². The van der Waals surface area contributed by atoms with Crippen molar-refractivity contribution in [2.45, 2.75) is 18.6 Å². The number of aliphatic hydroxyl groups excluding tert-OH is 1. The van der Waals surface area contributed by atoms with E-state index >= 15 is 0 Å². The number of β-amino-alcohol motifs (C(OH)–C–C–N with tert-alkyl or cyclic N) is 1. The van der Waals surface area contributed by atoms with Gasteiger partial charge >= 0.3 is 0 Å². The van der Waals surface area contributed by atoms with Crippen LogP contribution in [0.25, 0.3) is 0 Å². The maximum absolute atomic E-state index is 9.49. The number of nitrogens with two attached hydrogens (primary N) is 1. The Kier molecular flexibility index (Phi) is 3.04. The Bertz CT molecular complexity index is 325. The van der Waals surface area contributed by atoms with E-state index in [-0.39, 0.29) is 12.1 Å². The minimum Gasteiger partial charge on any atom is -0.392 e. The van der Waals surface area contributed by atoms with Crippen LogP contribution in [0, 0.1) is 0 Å². The van der Waals surface area contributed by atoms with Gasteiger partial charge in [0.2, 0.25) is 0 Å². The van der Waals surface area contributed by atoms with Crippen LogP contribution in [0.4, 0.5) is 0 Å². The molecule has 1 aromatic rings. The molecule has 2 atom stereocenters. The van der Waals surface area contributed by atoms with Crippen LogP contribution in [0.5, 0.6) is 0 Å². The van der Waals surface area contributed by atoms with E-state index in [9.17, 15) is 5.11 Å². The summed E-state index contributed by atoms with van der Waals surface area (Å²) in [6.07, 6.45) is 4.48. The van der Waals surface area contributed by atoms with Gasteiger partial charge in [-0.2, -0.15) is 5.10 Å². The van der Waals surface area contributed by atoms with Crippen molar-refractivity contribution >= 4 is 0 Å². The molecule has 1 fully saturated rings. The number of aryl methyl sites for hydroxylation is 1. The molecule has 0 spiro atoms. The first-order chi connectivity index (χ1) is 7.20. The topological polar surface area (TPSA) is 67.3 Å². The summed E-state index contributed by atoms with van der Waals surface area (Å²) >= 11 is 0. The molecule has 5 nitrogen and oxygen atoms in total. The van der Waals surface area contributed by atoms with Crippen molar-refractivity contribution in [2.75, 3.05) is 19.6 Å². The number of aliphatic hydroxyl groups is 1. The molecule has 0 aliphatic carbocycles. The molecule has 0 amide bonds. The smallest absolute Gasteiger partial charge is 0.0679 e. The second-order valence-electron chi connectivity index (χ2n) is 4.14. The van der Waals surface area contributed by atoms with Gasteiger partial charge in [0.1, 0.15) is 0 Å². The predicted octanol–water partition coefficient (Wildman–Crippen LogP) is -0.513. The molecule has 1 aliphatic heterocycles. The molecule has 2 unspecified atom stereocenters. The molecule has 2 heterocycles. The summed E-state index contributed by atoms with van der Waals surface area (Å²) in [6, 6.07) is 0.191. The molecule has 15 heavy (non-hydrogen) atoms. The Morgan fingerprint density at radius 3 is 3.00 bits per heavy atom. The average Bonchev–Trinajstić information content (AvgIpc) is 2.78. The van der Waals surface area contributed by atoms with Gasteiger partial charge in [-0.1, -0.05) is 0 Å². The summed E-state index contributed by atoms with van der Waals surface area (Å²) in [5.41, 5.74) is 6.91. The monoisotopic (exact) mass is 210 g/mol. The highest BCUT2D eigenvalue weighted by Gasteiger charge is 2.27. The molecule has 1 saturated heterocycles. The summed E-state index contributed by atoms with van der Waals surface area (Å²) in [5, 5.41) is 13.6. The van der Waals surface area contributed by atoms with Gasteiger partial charge in [-0.15, -0.1) is 0 Å². The van der Waals surface area contributed by atoms with Crippen LogP contribution in [-0.2, 0) is 7.05 Å². The lowest BCUT2D eigenvalue weighted by Gasteiger charge is -2.25. The second kappa shape index (κ2) is 4.30. The Balaban J connectivity index is 2.10.